The maximum absolute atomic E-state index is 14.3. The van der Waals surface area contributed by atoms with E-state index in [2.05, 4.69) is 27.7 Å². The van der Waals surface area contributed by atoms with Crippen LogP contribution in [0.25, 0.3) is 0 Å². The molecule has 10 heteroatoms. The molecule has 1 unspecified atom stereocenters. The van der Waals surface area contributed by atoms with Crippen LogP contribution in [-0.2, 0) is 32.7 Å². The van der Waals surface area contributed by atoms with Gasteiger partial charge in [0.15, 0.2) is 6.10 Å². The Hall–Kier alpha value is -0.990. The zero-order valence-corrected chi connectivity index (χ0v) is 54.4. The predicted molar refractivity (Wildman–Crippen MR) is 333 cm³/mol. The molecule has 0 fully saturated rings. The summed E-state index contributed by atoms with van der Waals surface area (Å²) in [5, 5.41) is 0. The quantitative estimate of drug-likeness (QED) is 0.0256. The molecule has 0 rings (SSSR count). The van der Waals surface area contributed by atoms with Crippen LogP contribution in [0.15, 0.2) is 0 Å². The van der Waals surface area contributed by atoms with E-state index >= 15 is 0 Å². The van der Waals surface area contributed by atoms with Gasteiger partial charge in [0.25, 0.3) is 7.82 Å². The van der Waals surface area contributed by atoms with Gasteiger partial charge < -0.3 is 27.9 Å². The second kappa shape index (κ2) is 57.8. The van der Waals surface area contributed by atoms with Crippen molar-refractivity contribution in [1.29, 1.82) is 0 Å². The van der Waals surface area contributed by atoms with E-state index in [0.717, 1.165) is 77.0 Å². The van der Waals surface area contributed by atoms with Gasteiger partial charge >= 0.3 is 11.9 Å². The molecule has 0 aliphatic rings. The Labute approximate surface area is 486 Å². The Kier molecular flexibility index (Phi) is 57.1. The van der Waals surface area contributed by atoms with Crippen molar-refractivity contribution in [2.75, 3.05) is 47.5 Å². The molecule has 0 saturated carbocycles. The molecule has 0 aromatic heterocycles. The monoisotopic (exact) mass is 1130 g/mol. The van der Waals surface area contributed by atoms with Crippen molar-refractivity contribution in [3.63, 3.8) is 0 Å². The van der Waals surface area contributed by atoms with Crippen LogP contribution in [0.4, 0.5) is 0 Å². The largest absolute Gasteiger partial charge is 0.756 e. The van der Waals surface area contributed by atoms with E-state index < -0.39 is 20.5 Å². The van der Waals surface area contributed by atoms with Crippen LogP contribution in [0.1, 0.15) is 362 Å². The molecule has 0 heterocycles. The van der Waals surface area contributed by atoms with Crippen molar-refractivity contribution >= 4 is 19.8 Å². The summed E-state index contributed by atoms with van der Waals surface area (Å²) in [6.45, 7) is 8.86. The van der Waals surface area contributed by atoms with Gasteiger partial charge in [0.2, 0.25) is 0 Å². The van der Waals surface area contributed by atoms with Crippen molar-refractivity contribution in [2.45, 2.75) is 368 Å². The Bertz CT molecular complexity index is 1250. The predicted octanol–water partition coefficient (Wildman–Crippen LogP) is 21.2. The summed E-state index contributed by atoms with van der Waals surface area (Å²) in [7, 11) is 1.19. The number of phosphoric acid groups is 1. The van der Waals surface area contributed by atoms with Gasteiger partial charge in [-0.05, 0) is 25.7 Å². The lowest BCUT2D eigenvalue weighted by Crippen LogP contribution is -2.38. The van der Waals surface area contributed by atoms with Crippen LogP contribution in [0.2, 0.25) is 0 Å². The fourth-order valence-corrected chi connectivity index (χ4v) is 11.7. The minimum absolute atomic E-state index is 0.0240. The molecule has 0 amide bonds. The van der Waals surface area contributed by atoms with Gasteiger partial charge in [0.05, 0.1) is 39.6 Å². The number of unbranched alkanes of at least 4 members (excludes halogenated alkanes) is 44. The molecule has 466 valence electrons. The summed E-state index contributed by atoms with van der Waals surface area (Å²) >= 11 is 0. The normalized spacial score (nSPS) is 13.2. The number of hydrogen-bond acceptors (Lipinski definition) is 8. The van der Waals surface area contributed by atoms with E-state index in [4.69, 9.17) is 18.5 Å². The first-order chi connectivity index (χ1) is 37.9. The SMILES string of the molecule is CCCCCCCCCCCCCCC(CCCCCCCCCCCCCC)C(=O)OC[C@H](COP(=O)([O-])OCC[N+](C)(C)C)OC(=O)C(CCCCCCCCCCCCCC)CCCCCCCCCCCCCC. The zero-order valence-electron chi connectivity index (χ0n) is 53.5. The zero-order chi connectivity index (χ0) is 57.3. The third kappa shape index (κ3) is 55.5. The molecule has 0 aromatic carbocycles. The van der Waals surface area contributed by atoms with E-state index in [0.29, 0.717) is 11.0 Å². The fourth-order valence-electron chi connectivity index (χ4n) is 11.0. The molecule has 0 spiro atoms. The highest BCUT2D eigenvalue weighted by atomic mass is 31.2. The van der Waals surface area contributed by atoms with Gasteiger partial charge in [0.1, 0.15) is 19.8 Å². The molecule has 0 radical (unpaired) electrons. The van der Waals surface area contributed by atoms with Crippen LogP contribution < -0.4 is 4.89 Å². The summed E-state index contributed by atoms with van der Waals surface area (Å²) < 4.78 is 36.6. The van der Waals surface area contributed by atoms with Gasteiger partial charge in [0, 0.05) is 0 Å². The Morgan fingerprint density at radius 2 is 0.603 bits per heavy atom. The lowest BCUT2D eigenvalue weighted by molar-refractivity contribution is -0.870. The molecule has 9 nitrogen and oxygen atoms in total. The lowest BCUT2D eigenvalue weighted by Gasteiger charge is -2.29. The molecule has 0 saturated heterocycles. The summed E-state index contributed by atoms with van der Waals surface area (Å²) in [6.07, 6.45) is 62.7. The number of quaternary nitrogens is 1. The van der Waals surface area contributed by atoms with Gasteiger partial charge in [-0.25, -0.2) is 0 Å². The van der Waals surface area contributed by atoms with Crippen LogP contribution in [0.5, 0.6) is 0 Å². The molecule has 0 N–H and O–H groups in total. The highest BCUT2D eigenvalue weighted by molar-refractivity contribution is 7.45. The van der Waals surface area contributed by atoms with E-state index in [1.165, 1.54) is 257 Å². The maximum atomic E-state index is 14.3. The standard InChI is InChI=1S/C68H136NO8P/c1-8-12-16-20-24-28-32-36-40-44-48-52-56-64(57-53-49-45-41-37-33-29-25-21-17-13-9-2)67(70)74-62-66(63-76-78(72,73)75-61-60-69(5,6)7)77-68(71)65(58-54-50-46-42-38-34-30-26-22-18-14-10-3)59-55-51-47-43-39-35-31-27-23-19-15-11-4/h64-66H,8-63H2,1-7H3/t66-/m1/s1. The third-order valence-corrected chi connectivity index (χ3v) is 17.4. The van der Waals surface area contributed by atoms with Crippen LogP contribution in [0.3, 0.4) is 0 Å². The topological polar surface area (TPSA) is 111 Å². The fraction of sp³-hybridized carbons (Fsp3) is 0.971. The number of rotatable bonds is 64. The Balaban J connectivity index is 5.83. The summed E-state index contributed by atoms with van der Waals surface area (Å²) in [4.78, 5) is 41.5. The molecule has 78 heavy (non-hydrogen) atoms. The molecular weight excluding hydrogens is 990 g/mol. The molecule has 0 bridgehead atoms. The highest BCUT2D eigenvalue weighted by Gasteiger charge is 2.28. The van der Waals surface area contributed by atoms with Crippen LogP contribution in [-0.4, -0.2) is 70.0 Å². The van der Waals surface area contributed by atoms with E-state index in [9.17, 15) is 19.0 Å². The number of esters is 2. The van der Waals surface area contributed by atoms with Crippen LogP contribution >= 0.6 is 7.82 Å². The Morgan fingerprint density at radius 1 is 0.359 bits per heavy atom. The van der Waals surface area contributed by atoms with E-state index in [1.54, 1.807) is 0 Å². The van der Waals surface area contributed by atoms with Gasteiger partial charge in [-0.3, -0.25) is 14.2 Å². The van der Waals surface area contributed by atoms with Gasteiger partial charge in [-0.2, -0.15) is 0 Å². The van der Waals surface area contributed by atoms with Crippen LogP contribution in [0, 0.1) is 11.8 Å². The lowest BCUT2D eigenvalue weighted by atomic mass is 9.94. The number of ether oxygens (including phenoxy) is 2. The smallest absolute Gasteiger partial charge is 0.309 e. The van der Waals surface area contributed by atoms with Crippen molar-refractivity contribution in [3.8, 4) is 0 Å². The molecule has 0 aliphatic heterocycles. The first kappa shape index (κ1) is 77.0. The minimum atomic E-state index is -4.72. The minimum Gasteiger partial charge on any atom is -0.756 e. The summed E-state index contributed by atoms with van der Waals surface area (Å²) in [5.74, 6) is -1.13. The van der Waals surface area contributed by atoms with Crippen molar-refractivity contribution in [1.82, 2.24) is 0 Å². The molecular formula is C68H136NO8P. The Morgan fingerprint density at radius 3 is 0.859 bits per heavy atom. The average Bonchev–Trinajstić information content (AvgIpc) is 3.41. The molecule has 0 aromatic rings. The number of carbonyl (C=O) groups excluding carboxylic acids is 2. The third-order valence-electron chi connectivity index (χ3n) is 16.4. The number of likely N-dealkylation sites (N-methyl/N-ethyl adjacent to an activating group) is 1. The second-order valence-corrected chi connectivity index (χ2v) is 26.8. The van der Waals surface area contributed by atoms with Crippen molar-refractivity contribution in [2.24, 2.45) is 11.8 Å². The maximum Gasteiger partial charge on any atom is 0.309 e. The van der Waals surface area contributed by atoms with E-state index in [-0.39, 0.29) is 37.0 Å². The van der Waals surface area contributed by atoms with Gasteiger partial charge in [-0.1, -0.05) is 336 Å². The van der Waals surface area contributed by atoms with E-state index in [1.807, 2.05) is 21.1 Å². The number of nitrogens with zero attached hydrogens (tertiary/aromatic N) is 1. The first-order valence-corrected chi connectivity index (χ1v) is 36.1. The summed E-state index contributed by atoms with van der Waals surface area (Å²) in [5.41, 5.74) is 0. The summed E-state index contributed by atoms with van der Waals surface area (Å²) in [6, 6.07) is 0. The molecule has 2 atom stereocenters. The number of phosphoric ester groups is 1. The number of hydrogen-bond donors (Lipinski definition) is 0. The first-order valence-electron chi connectivity index (χ1n) is 34.7. The second-order valence-electron chi connectivity index (χ2n) is 25.4. The molecule has 0 aliphatic carbocycles. The average molecular weight is 1130 g/mol. The van der Waals surface area contributed by atoms with Crippen molar-refractivity contribution < 1.29 is 42.1 Å². The highest BCUT2D eigenvalue weighted by Crippen LogP contribution is 2.38. The number of carbonyl (C=O) groups is 2. The van der Waals surface area contributed by atoms with Crippen molar-refractivity contribution in [3.05, 3.63) is 0 Å². The van der Waals surface area contributed by atoms with Gasteiger partial charge in [-0.15, -0.1) is 0 Å².